The molecule has 0 radical (unpaired) electrons. The van der Waals surface area contributed by atoms with Gasteiger partial charge in [0, 0.05) is 23.9 Å². The van der Waals surface area contributed by atoms with E-state index in [0.717, 1.165) is 29.2 Å². The summed E-state index contributed by atoms with van der Waals surface area (Å²) in [5.74, 6) is 1.20. The zero-order valence-electron chi connectivity index (χ0n) is 10.1. The Hall–Kier alpha value is -2.03. The first-order valence-electron chi connectivity index (χ1n) is 5.66. The van der Waals surface area contributed by atoms with Gasteiger partial charge in [0.05, 0.1) is 5.70 Å². The number of aromatic nitrogens is 2. The monoisotopic (exact) mass is 228 g/mol. The molecule has 0 aliphatic carbocycles. The molecule has 3 nitrogen and oxygen atoms in total. The van der Waals surface area contributed by atoms with Crippen LogP contribution in [0.15, 0.2) is 37.0 Å². The van der Waals surface area contributed by atoms with Crippen LogP contribution in [-0.4, -0.2) is 14.7 Å². The number of rotatable bonds is 3. The first-order chi connectivity index (χ1) is 8.15. The zero-order valence-corrected chi connectivity index (χ0v) is 10.1. The minimum atomic E-state index is 0.243. The van der Waals surface area contributed by atoms with Gasteiger partial charge in [-0.3, -0.25) is 0 Å². The van der Waals surface area contributed by atoms with Crippen molar-refractivity contribution in [3.05, 3.63) is 54.1 Å². The van der Waals surface area contributed by atoms with E-state index in [0.29, 0.717) is 0 Å². The highest BCUT2D eigenvalue weighted by atomic mass is 16.3. The molecule has 0 unspecified atom stereocenters. The van der Waals surface area contributed by atoms with Gasteiger partial charge < -0.3 is 9.67 Å². The molecule has 2 rings (SSSR count). The lowest BCUT2D eigenvalue weighted by molar-refractivity contribution is 0.473. The third-order valence-corrected chi connectivity index (χ3v) is 2.81. The molecule has 0 saturated heterocycles. The average molecular weight is 228 g/mol. The Morgan fingerprint density at radius 2 is 2.12 bits per heavy atom. The van der Waals surface area contributed by atoms with Gasteiger partial charge in [-0.05, 0) is 19.1 Å². The van der Waals surface area contributed by atoms with Crippen molar-refractivity contribution >= 4 is 5.70 Å². The van der Waals surface area contributed by atoms with E-state index >= 15 is 0 Å². The first-order valence-corrected chi connectivity index (χ1v) is 5.66. The Morgan fingerprint density at radius 1 is 1.41 bits per heavy atom. The minimum Gasteiger partial charge on any atom is -0.507 e. The van der Waals surface area contributed by atoms with Gasteiger partial charge in [-0.15, -0.1) is 0 Å². The summed E-state index contributed by atoms with van der Waals surface area (Å²) in [7, 11) is 0. The normalized spacial score (nSPS) is 10.5. The molecule has 0 amide bonds. The lowest BCUT2D eigenvalue weighted by Gasteiger charge is -2.13. The third kappa shape index (κ3) is 1.96. The van der Waals surface area contributed by atoms with E-state index in [-0.39, 0.29) is 5.75 Å². The fourth-order valence-corrected chi connectivity index (χ4v) is 1.94. The summed E-state index contributed by atoms with van der Waals surface area (Å²) >= 11 is 0. The largest absolute Gasteiger partial charge is 0.507 e. The molecule has 0 fully saturated rings. The van der Waals surface area contributed by atoms with Crippen LogP contribution in [0.4, 0.5) is 0 Å². The van der Waals surface area contributed by atoms with E-state index in [9.17, 15) is 5.11 Å². The van der Waals surface area contributed by atoms with Crippen LogP contribution in [0.3, 0.4) is 0 Å². The smallest absolute Gasteiger partial charge is 0.124 e. The molecule has 0 atom stereocenters. The van der Waals surface area contributed by atoms with E-state index in [1.165, 1.54) is 0 Å². The molecule has 88 valence electrons. The number of phenolic OH excluding ortho intramolecular Hbond substituents is 1. The van der Waals surface area contributed by atoms with Gasteiger partial charge in [0.1, 0.15) is 11.6 Å². The van der Waals surface area contributed by atoms with Gasteiger partial charge in [0.15, 0.2) is 0 Å². The summed E-state index contributed by atoms with van der Waals surface area (Å²) in [6, 6.07) is 7.21. The maximum Gasteiger partial charge on any atom is 0.124 e. The molecule has 0 aliphatic heterocycles. The Balaban J connectivity index is 2.51. The molecule has 0 aliphatic rings. The molecule has 1 N–H and O–H groups in total. The minimum absolute atomic E-state index is 0.243. The highest BCUT2D eigenvalue weighted by molar-refractivity contribution is 5.69. The molecule has 3 heteroatoms. The summed E-state index contributed by atoms with van der Waals surface area (Å²) in [5.41, 5.74) is 2.52. The number of nitrogens with zero attached hydrogens (tertiary/aromatic N) is 2. The van der Waals surface area contributed by atoms with Crippen molar-refractivity contribution in [3.8, 4) is 5.75 Å². The molecule has 0 bridgehead atoms. The summed E-state index contributed by atoms with van der Waals surface area (Å²) in [6.45, 7) is 8.10. The first kappa shape index (κ1) is 11.5. The molecular formula is C14H16N2O. The number of phenols is 1. The summed E-state index contributed by atoms with van der Waals surface area (Å²) in [4.78, 5) is 4.33. The number of benzene rings is 1. The summed E-state index contributed by atoms with van der Waals surface area (Å²) in [6.07, 6.45) is 2.66. The van der Waals surface area contributed by atoms with Gasteiger partial charge >= 0.3 is 0 Å². The Kier molecular flexibility index (Phi) is 3.00. The van der Waals surface area contributed by atoms with E-state index in [1.807, 2.05) is 29.8 Å². The van der Waals surface area contributed by atoms with E-state index in [1.54, 1.807) is 12.1 Å². The maximum absolute atomic E-state index is 9.84. The second-order valence-corrected chi connectivity index (χ2v) is 3.97. The van der Waals surface area contributed by atoms with Crippen LogP contribution in [-0.2, 0) is 6.42 Å². The van der Waals surface area contributed by atoms with Gasteiger partial charge in [0.2, 0.25) is 0 Å². The van der Waals surface area contributed by atoms with Gasteiger partial charge in [-0.1, -0.05) is 25.6 Å². The van der Waals surface area contributed by atoms with Crippen molar-refractivity contribution < 1.29 is 5.11 Å². The Labute approximate surface area is 101 Å². The number of imidazole rings is 1. The molecular weight excluding hydrogens is 212 g/mol. The fourth-order valence-electron chi connectivity index (χ4n) is 1.94. The van der Waals surface area contributed by atoms with Crippen LogP contribution < -0.4 is 0 Å². The topological polar surface area (TPSA) is 38.0 Å². The maximum atomic E-state index is 9.84. The van der Waals surface area contributed by atoms with Crippen molar-refractivity contribution in [1.82, 2.24) is 9.55 Å². The van der Waals surface area contributed by atoms with Crippen LogP contribution in [0.1, 0.15) is 24.0 Å². The van der Waals surface area contributed by atoms with E-state index < -0.39 is 0 Å². The van der Waals surface area contributed by atoms with Crippen LogP contribution in [0.5, 0.6) is 5.75 Å². The number of para-hydroxylation sites is 1. The highest BCUT2D eigenvalue weighted by Gasteiger charge is 2.12. The Bertz CT molecular complexity index is 555. The lowest BCUT2D eigenvalue weighted by Crippen LogP contribution is -2.04. The van der Waals surface area contributed by atoms with Crippen molar-refractivity contribution in [1.29, 1.82) is 0 Å². The lowest BCUT2D eigenvalue weighted by atomic mass is 10.1. The van der Waals surface area contributed by atoms with E-state index in [4.69, 9.17) is 0 Å². The second kappa shape index (κ2) is 4.45. The fraction of sp³-hybridized carbons (Fsp3) is 0.214. The molecule has 1 heterocycles. The van der Waals surface area contributed by atoms with Crippen molar-refractivity contribution in [2.24, 2.45) is 0 Å². The van der Waals surface area contributed by atoms with Gasteiger partial charge in [0.25, 0.3) is 0 Å². The van der Waals surface area contributed by atoms with Crippen LogP contribution in [0, 0.1) is 6.92 Å². The van der Waals surface area contributed by atoms with Crippen molar-refractivity contribution in [2.45, 2.75) is 20.3 Å². The predicted octanol–water partition coefficient (Wildman–Crippen LogP) is 2.98. The second-order valence-electron chi connectivity index (χ2n) is 3.97. The number of hydrogen-bond acceptors (Lipinski definition) is 2. The Morgan fingerprint density at radius 3 is 2.76 bits per heavy atom. The molecule has 0 saturated carbocycles. The number of hydrogen-bond donors (Lipinski definition) is 1. The third-order valence-electron chi connectivity index (χ3n) is 2.81. The number of aryl methyl sites for hydroxylation is 2. The molecule has 17 heavy (non-hydrogen) atoms. The van der Waals surface area contributed by atoms with Crippen LogP contribution >= 0.6 is 0 Å². The SMILES string of the molecule is C=C(c1ccccc1O)n1c(C)cnc1CC. The zero-order chi connectivity index (χ0) is 12.4. The van der Waals surface area contributed by atoms with Crippen molar-refractivity contribution in [3.63, 3.8) is 0 Å². The average Bonchev–Trinajstić information content (AvgIpc) is 2.70. The van der Waals surface area contributed by atoms with E-state index in [2.05, 4.69) is 18.5 Å². The predicted molar refractivity (Wildman–Crippen MR) is 68.9 cm³/mol. The highest BCUT2D eigenvalue weighted by Crippen LogP contribution is 2.26. The van der Waals surface area contributed by atoms with Crippen molar-refractivity contribution in [2.75, 3.05) is 0 Å². The molecule has 1 aromatic carbocycles. The summed E-state index contributed by atoms with van der Waals surface area (Å²) < 4.78 is 1.98. The summed E-state index contributed by atoms with van der Waals surface area (Å²) in [5, 5.41) is 9.84. The van der Waals surface area contributed by atoms with Crippen LogP contribution in [0.25, 0.3) is 5.70 Å². The standard InChI is InChI=1S/C14H16N2O/c1-4-14-15-9-10(2)16(14)11(3)12-7-5-6-8-13(12)17/h5-9,17H,3-4H2,1-2H3. The number of aromatic hydroxyl groups is 1. The quantitative estimate of drug-likeness (QED) is 0.877. The molecule has 0 spiro atoms. The molecule has 2 aromatic rings. The molecule has 1 aromatic heterocycles. The van der Waals surface area contributed by atoms with Gasteiger partial charge in [-0.2, -0.15) is 0 Å². The van der Waals surface area contributed by atoms with Crippen LogP contribution in [0.2, 0.25) is 0 Å². The van der Waals surface area contributed by atoms with Gasteiger partial charge in [-0.25, -0.2) is 4.98 Å².